The summed E-state index contributed by atoms with van der Waals surface area (Å²) >= 11 is 0. The molecule has 0 amide bonds. The van der Waals surface area contributed by atoms with Crippen molar-refractivity contribution in [2.24, 2.45) is 0 Å². The molecule has 3 aromatic rings. The molecule has 2 aromatic heterocycles. The molecule has 0 unspecified atom stereocenters. The van der Waals surface area contributed by atoms with Crippen LogP contribution in [0.1, 0.15) is 34.8 Å². The van der Waals surface area contributed by atoms with Crippen LogP contribution in [0.5, 0.6) is 0 Å². The molecular formula is C19H18N2O5. The van der Waals surface area contributed by atoms with Crippen LogP contribution in [0.15, 0.2) is 47.3 Å². The number of H-pyrrole nitrogens is 1. The van der Waals surface area contributed by atoms with Gasteiger partial charge < -0.3 is 18.9 Å². The molecule has 134 valence electrons. The van der Waals surface area contributed by atoms with E-state index in [4.69, 9.17) is 13.9 Å². The van der Waals surface area contributed by atoms with E-state index in [0.29, 0.717) is 11.1 Å². The number of aromatic nitrogens is 2. The summed E-state index contributed by atoms with van der Waals surface area (Å²) in [5.41, 5.74) is 2.21. The van der Waals surface area contributed by atoms with Gasteiger partial charge in [-0.15, -0.1) is 0 Å². The molecule has 0 atom stereocenters. The second-order valence-electron chi connectivity index (χ2n) is 5.29. The molecule has 0 aliphatic carbocycles. The number of benzene rings is 1. The lowest BCUT2D eigenvalue weighted by Gasteiger charge is -2.07. The Balaban J connectivity index is 2.16. The zero-order chi connectivity index (χ0) is 18.5. The number of carbonyl (C=O) groups excluding carboxylic acids is 2. The van der Waals surface area contributed by atoms with E-state index in [1.807, 2.05) is 30.3 Å². The van der Waals surface area contributed by atoms with Crippen LogP contribution in [0.4, 0.5) is 0 Å². The maximum Gasteiger partial charge on any atom is 0.360 e. The van der Waals surface area contributed by atoms with Gasteiger partial charge in [0, 0.05) is 17.3 Å². The number of esters is 2. The Bertz CT molecular complexity index is 911. The van der Waals surface area contributed by atoms with E-state index in [0.717, 1.165) is 5.56 Å². The number of rotatable bonds is 6. The van der Waals surface area contributed by atoms with Crippen LogP contribution in [0.2, 0.25) is 0 Å². The van der Waals surface area contributed by atoms with E-state index < -0.39 is 11.9 Å². The van der Waals surface area contributed by atoms with Gasteiger partial charge in [-0.3, -0.25) is 0 Å². The molecule has 7 nitrogen and oxygen atoms in total. The first-order chi connectivity index (χ1) is 12.7. The summed E-state index contributed by atoms with van der Waals surface area (Å²) in [5, 5.41) is 0. The molecule has 2 heterocycles. The van der Waals surface area contributed by atoms with E-state index in [2.05, 4.69) is 9.97 Å². The third-order valence-electron chi connectivity index (χ3n) is 3.70. The van der Waals surface area contributed by atoms with E-state index >= 15 is 0 Å². The molecule has 0 bridgehead atoms. The molecular weight excluding hydrogens is 336 g/mol. The second-order valence-corrected chi connectivity index (χ2v) is 5.29. The highest BCUT2D eigenvalue weighted by atomic mass is 16.5. The van der Waals surface area contributed by atoms with Crippen LogP contribution < -0.4 is 0 Å². The molecule has 7 heteroatoms. The van der Waals surface area contributed by atoms with Crippen molar-refractivity contribution in [2.75, 3.05) is 13.2 Å². The molecule has 0 aliphatic heterocycles. The van der Waals surface area contributed by atoms with E-state index in [1.54, 1.807) is 20.0 Å². The number of hydrogen-bond donors (Lipinski definition) is 1. The van der Waals surface area contributed by atoms with Crippen LogP contribution in [0.25, 0.3) is 22.5 Å². The molecule has 0 aliphatic rings. The fourth-order valence-corrected chi connectivity index (χ4v) is 2.65. The Kier molecular flexibility index (Phi) is 5.17. The van der Waals surface area contributed by atoms with Gasteiger partial charge in [-0.2, -0.15) is 0 Å². The number of hydrogen-bond acceptors (Lipinski definition) is 6. The minimum absolute atomic E-state index is 0.0541. The summed E-state index contributed by atoms with van der Waals surface area (Å²) in [7, 11) is 0. The average molecular weight is 354 g/mol. The Morgan fingerprint density at radius 1 is 1.08 bits per heavy atom. The number of oxazole rings is 1. The van der Waals surface area contributed by atoms with Gasteiger partial charge in [0.15, 0.2) is 17.8 Å². The highest BCUT2D eigenvalue weighted by molar-refractivity contribution is 6.03. The molecule has 0 saturated heterocycles. The standard InChI is InChI=1S/C19H18N2O5/c1-3-24-18(22)15-14(12-8-6-5-7-9-12)13(10-20-15)17-16(21-11-26-17)19(23)25-4-2/h5-11,20H,3-4H2,1-2H3. The summed E-state index contributed by atoms with van der Waals surface area (Å²) in [6, 6.07) is 9.30. The van der Waals surface area contributed by atoms with Gasteiger partial charge in [0.1, 0.15) is 5.69 Å². The average Bonchev–Trinajstić information content (AvgIpc) is 3.29. The first kappa shape index (κ1) is 17.5. The van der Waals surface area contributed by atoms with Gasteiger partial charge in [0.05, 0.1) is 13.2 Å². The summed E-state index contributed by atoms with van der Waals surface area (Å²) < 4.78 is 15.6. The molecule has 0 fully saturated rings. The lowest BCUT2D eigenvalue weighted by Crippen LogP contribution is -2.07. The van der Waals surface area contributed by atoms with Crippen molar-refractivity contribution in [3.8, 4) is 22.5 Å². The van der Waals surface area contributed by atoms with Gasteiger partial charge in [-0.1, -0.05) is 30.3 Å². The fraction of sp³-hybridized carbons (Fsp3) is 0.211. The molecule has 1 N–H and O–H groups in total. The van der Waals surface area contributed by atoms with Crippen LogP contribution in [0, 0.1) is 0 Å². The highest BCUT2D eigenvalue weighted by Gasteiger charge is 2.27. The van der Waals surface area contributed by atoms with E-state index in [9.17, 15) is 9.59 Å². The summed E-state index contributed by atoms with van der Waals surface area (Å²) in [6.07, 6.45) is 2.77. The Morgan fingerprint density at radius 2 is 1.77 bits per heavy atom. The van der Waals surface area contributed by atoms with Gasteiger partial charge in [-0.25, -0.2) is 14.6 Å². The number of ether oxygens (including phenoxy) is 2. The van der Waals surface area contributed by atoms with Crippen LogP contribution in [0.3, 0.4) is 0 Å². The third kappa shape index (κ3) is 3.23. The minimum atomic E-state index is -0.589. The first-order valence-electron chi connectivity index (χ1n) is 8.22. The number of carbonyl (C=O) groups is 2. The third-order valence-corrected chi connectivity index (χ3v) is 3.70. The molecule has 0 saturated carbocycles. The lowest BCUT2D eigenvalue weighted by molar-refractivity contribution is 0.0512. The Labute approximate surface area is 150 Å². The van der Waals surface area contributed by atoms with Crippen molar-refractivity contribution in [3.63, 3.8) is 0 Å². The van der Waals surface area contributed by atoms with E-state index in [1.165, 1.54) is 6.39 Å². The molecule has 26 heavy (non-hydrogen) atoms. The quantitative estimate of drug-likeness (QED) is 0.679. The lowest BCUT2D eigenvalue weighted by atomic mass is 9.99. The van der Waals surface area contributed by atoms with Crippen molar-refractivity contribution in [2.45, 2.75) is 13.8 Å². The minimum Gasteiger partial charge on any atom is -0.461 e. The Hall–Kier alpha value is -3.35. The van der Waals surface area contributed by atoms with Crippen molar-refractivity contribution >= 4 is 11.9 Å². The zero-order valence-electron chi connectivity index (χ0n) is 14.4. The Morgan fingerprint density at radius 3 is 2.46 bits per heavy atom. The summed E-state index contributed by atoms with van der Waals surface area (Å²) in [6.45, 7) is 3.91. The summed E-state index contributed by atoms with van der Waals surface area (Å²) in [5.74, 6) is -0.849. The zero-order valence-corrected chi connectivity index (χ0v) is 14.4. The highest BCUT2D eigenvalue weighted by Crippen LogP contribution is 2.37. The van der Waals surface area contributed by atoms with Gasteiger partial charge >= 0.3 is 11.9 Å². The predicted molar refractivity (Wildman–Crippen MR) is 93.6 cm³/mol. The molecule has 0 spiro atoms. The van der Waals surface area contributed by atoms with E-state index in [-0.39, 0.29) is 30.4 Å². The summed E-state index contributed by atoms with van der Waals surface area (Å²) in [4.78, 5) is 31.4. The van der Waals surface area contributed by atoms with Crippen molar-refractivity contribution < 1.29 is 23.5 Å². The largest absolute Gasteiger partial charge is 0.461 e. The number of nitrogens with one attached hydrogen (secondary N) is 1. The first-order valence-corrected chi connectivity index (χ1v) is 8.22. The predicted octanol–water partition coefficient (Wildman–Crippen LogP) is 3.69. The maximum atomic E-state index is 12.4. The van der Waals surface area contributed by atoms with Crippen molar-refractivity contribution in [1.29, 1.82) is 0 Å². The number of aromatic amines is 1. The van der Waals surface area contributed by atoms with Crippen molar-refractivity contribution in [3.05, 3.63) is 54.3 Å². The van der Waals surface area contributed by atoms with Crippen LogP contribution >= 0.6 is 0 Å². The fourth-order valence-electron chi connectivity index (χ4n) is 2.65. The van der Waals surface area contributed by atoms with Gasteiger partial charge in [0.25, 0.3) is 0 Å². The smallest absolute Gasteiger partial charge is 0.360 e. The van der Waals surface area contributed by atoms with Crippen molar-refractivity contribution in [1.82, 2.24) is 9.97 Å². The molecule has 3 rings (SSSR count). The van der Waals surface area contributed by atoms with Gasteiger partial charge in [0.2, 0.25) is 0 Å². The monoisotopic (exact) mass is 354 g/mol. The molecule has 0 radical (unpaired) electrons. The number of nitrogens with zero attached hydrogens (tertiary/aromatic N) is 1. The second kappa shape index (κ2) is 7.69. The SMILES string of the molecule is CCOC(=O)c1ncoc1-c1c[nH]c(C(=O)OCC)c1-c1ccccc1. The van der Waals surface area contributed by atoms with Crippen LogP contribution in [-0.4, -0.2) is 35.1 Å². The van der Waals surface area contributed by atoms with Gasteiger partial charge in [-0.05, 0) is 19.4 Å². The molecule has 1 aromatic carbocycles. The van der Waals surface area contributed by atoms with Crippen LogP contribution in [-0.2, 0) is 9.47 Å². The normalized spacial score (nSPS) is 10.5. The topological polar surface area (TPSA) is 94.4 Å². The maximum absolute atomic E-state index is 12.4.